The summed E-state index contributed by atoms with van der Waals surface area (Å²) in [6, 6.07) is 22.8. The van der Waals surface area contributed by atoms with Gasteiger partial charge in [0.25, 0.3) is 0 Å². The van der Waals surface area contributed by atoms with Gasteiger partial charge in [-0.15, -0.1) is 0 Å². The quantitative estimate of drug-likeness (QED) is 0.231. The summed E-state index contributed by atoms with van der Waals surface area (Å²) < 4.78 is 15.7. The van der Waals surface area contributed by atoms with Crippen LogP contribution in [0.2, 0.25) is 0 Å². The molecule has 0 amide bonds. The molecule has 0 fully saturated rings. The van der Waals surface area contributed by atoms with Crippen molar-refractivity contribution in [2.45, 2.75) is 0 Å². The van der Waals surface area contributed by atoms with Crippen LogP contribution in [0.4, 0.5) is 0 Å². The Morgan fingerprint density at radius 2 is 1.44 bits per heavy atom. The van der Waals surface area contributed by atoms with E-state index in [0.717, 1.165) is 11.1 Å². The molecule has 0 atom stereocenters. The maximum atomic E-state index is 12.4. The van der Waals surface area contributed by atoms with E-state index in [9.17, 15) is 9.59 Å². The second kappa shape index (κ2) is 11.0. The normalized spacial score (nSPS) is 9.81. The SMILES string of the molecule is [C-]#[N+]CC(=O)OCCOc1ccc(C(=O)Oc2ccc(-c3ccc(C#N)cc3)cc2)cc1. The number of rotatable bonds is 8. The summed E-state index contributed by atoms with van der Waals surface area (Å²) in [7, 11) is 0. The molecule has 3 rings (SSSR count). The topological polar surface area (TPSA) is 90.0 Å². The molecule has 158 valence electrons. The van der Waals surface area contributed by atoms with Crippen LogP contribution in [0.3, 0.4) is 0 Å². The Hall–Kier alpha value is -4.62. The highest BCUT2D eigenvalue weighted by Gasteiger charge is 2.10. The second-order valence-electron chi connectivity index (χ2n) is 6.51. The molecular weight excluding hydrogens is 408 g/mol. The third-order valence-electron chi connectivity index (χ3n) is 4.33. The molecule has 0 aromatic heterocycles. The molecule has 0 saturated heterocycles. The van der Waals surface area contributed by atoms with Gasteiger partial charge in [-0.1, -0.05) is 24.3 Å². The number of benzene rings is 3. The molecule has 0 aliphatic carbocycles. The summed E-state index contributed by atoms with van der Waals surface area (Å²) in [5.74, 6) is -0.175. The number of hydrogen-bond donors (Lipinski definition) is 0. The predicted molar refractivity (Wildman–Crippen MR) is 116 cm³/mol. The fourth-order valence-electron chi connectivity index (χ4n) is 2.73. The van der Waals surface area contributed by atoms with Gasteiger partial charge in [0.2, 0.25) is 0 Å². The third kappa shape index (κ3) is 6.19. The first-order valence-corrected chi connectivity index (χ1v) is 9.63. The Balaban J connectivity index is 1.51. The number of nitriles is 1. The molecule has 0 aliphatic rings. The molecule has 0 heterocycles. The Bertz CT molecular complexity index is 1160. The van der Waals surface area contributed by atoms with Gasteiger partial charge in [0, 0.05) is 0 Å². The van der Waals surface area contributed by atoms with E-state index in [1.54, 1.807) is 48.5 Å². The van der Waals surface area contributed by atoms with Crippen molar-refractivity contribution >= 4 is 11.9 Å². The van der Waals surface area contributed by atoms with Gasteiger partial charge in [-0.25, -0.2) is 16.2 Å². The smallest absolute Gasteiger partial charge is 0.387 e. The zero-order chi connectivity index (χ0) is 22.8. The molecule has 32 heavy (non-hydrogen) atoms. The fraction of sp³-hybridized carbons (Fsp3) is 0.120. The summed E-state index contributed by atoms with van der Waals surface area (Å²) >= 11 is 0. The van der Waals surface area contributed by atoms with Crippen molar-refractivity contribution in [3.8, 4) is 28.7 Å². The van der Waals surface area contributed by atoms with E-state index in [4.69, 9.17) is 26.0 Å². The summed E-state index contributed by atoms with van der Waals surface area (Å²) in [5, 5.41) is 8.88. The van der Waals surface area contributed by atoms with Crippen LogP contribution in [-0.4, -0.2) is 31.7 Å². The third-order valence-corrected chi connectivity index (χ3v) is 4.33. The summed E-state index contributed by atoms with van der Waals surface area (Å²) in [6.45, 7) is 6.44. The Kier molecular flexibility index (Phi) is 7.56. The highest BCUT2D eigenvalue weighted by atomic mass is 16.6. The van der Waals surface area contributed by atoms with E-state index in [0.29, 0.717) is 22.6 Å². The predicted octanol–water partition coefficient (Wildman–Crippen LogP) is 4.29. The fourth-order valence-corrected chi connectivity index (χ4v) is 2.73. The zero-order valence-electron chi connectivity index (χ0n) is 17.0. The molecule has 0 N–H and O–H groups in total. The van der Waals surface area contributed by atoms with Crippen LogP contribution < -0.4 is 9.47 Å². The average molecular weight is 426 g/mol. The van der Waals surface area contributed by atoms with Crippen molar-refractivity contribution in [2.75, 3.05) is 19.8 Å². The molecule has 3 aromatic carbocycles. The van der Waals surface area contributed by atoms with Crippen LogP contribution in [-0.2, 0) is 9.53 Å². The van der Waals surface area contributed by atoms with Gasteiger partial charge in [-0.2, -0.15) is 5.26 Å². The molecular formula is C25H18N2O5. The van der Waals surface area contributed by atoms with Gasteiger partial charge < -0.3 is 19.1 Å². The average Bonchev–Trinajstić information content (AvgIpc) is 2.83. The molecule has 3 aromatic rings. The van der Waals surface area contributed by atoms with E-state index in [1.807, 2.05) is 24.3 Å². The molecule has 0 spiro atoms. The maximum absolute atomic E-state index is 12.4. The first kappa shape index (κ1) is 22.1. The lowest BCUT2D eigenvalue weighted by Gasteiger charge is -2.08. The van der Waals surface area contributed by atoms with Crippen molar-refractivity contribution in [3.63, 3.8) is 0 Å². The largest absolute Gasteiger partial charge is 0.490 e. The Morgan fingerprint density at radius 1 is 0.844 bits per heavy atom. The number of nitrogens with zero attached hydrogens (tertiary/aromatic N) is 2. The molecule has 0 radical (unpaired) electrons. The van der Waals surface area contributed by atoms with Gasteiger partial charge in [-0.3, -0.25) is 0 Å². The molecule has 7 nitrogen and oxygen atoms in total. The van der Waals surface area contributed by atoms with Crippen LogP contribution in [0.25, 0.3) is 16.0 Å². The van der Waals surface area contributed by atoms with E-state index < -0.39 is 11.9 Å². The first-order valence-electron chi connectivity index (χ1n) is 9.63. The van der Waals surface area contributed by atoms with Gasteiger partial charge in [-0.05, 0) is 59.7 Å². The van der Waals surface area contributed by atoms with Crippen LogP contribution >= 0.6 is 0 Å². The lowest BCUT2D eigenvalue weighted by Crippen LogP contribution is -2.13. The summed E-state index contributed by atoms with van der Waals surface area (Å²) in [4.78, 5) is 26.4. The minimum Gasteiger partial charge on any atom is -0.490 e. The lowest BCUT2D eigenvalue weighted by atomic mass is 10.0. The van der Waals surface area contributed by atoms with Crippen molar-refractivity contribution in [3.05, 3.63) is 95.3 Å². The molecule has 0 saturated carbocycles. The van der Waals surface area contributed by atoms with E-state index >= 15 is 0 Å². The minimum absolute atomic E-state index is 0.0383. The van der Waals surface area contributed by atoms with Crippen LogP contribution in [0.5, 0.6) is 11.5 Å². The van der Waals surface area contributed by atoms with Crippen molar-refractivity contribution in [2.24, 2.45) is 0 Å². The Labute approximate surface area is 185 Å². The lowest BCUT2D eigenvalue weighted by molar-refractivity contribution is -0.141. The first-order chi connectivity index (χ1) is 15.6. The second-order valence-corrected chi connectivity index (χ2v) is 6.51. The molecule has 0 unspecified atom stereocenters. The minimum atomic E-state index is -0.591. The molecule has 0 bridgehead atoms. The monoisotopic (exact) mass is 426 g/mol. The van der Waals surface area contributed by atoms with Gasteiger partial charge in [0.15, 0.2) is 0 Å². The zero-order valence-corrected chi connectivity index (χ0v) is 17.0. The van der Waals surface area contributed by atoms with E-state index in [-0.39, 0.29) is 19.8 Å². The van der Waals surface area contributed by atoms with Crippen molar-refractivity contribution in [1.82, 2.24) is 0 Å². The van der Waals surface area contributed by atoms with Crippen LogP contribution in [0.15, 0.2) is 72.8 Å². The number of carbonyl (C=O) groups is 2. The summed E-state index contributed by atoms with van der Waals surface area (Å²) in [5.41, 5.74) is 2.85. The van der Waals surface area contributed by atoms with Gasteiger partial charge in [0.05, 0.1) is 17.2 Å². The highest BCUT2D eigenvalue weighted by Crippen LogP contribution is 2.23. The number of carbonyl (C=O) groups excluding carboxylic acids is 2. The van der Waals surface area contributed by atoms with Crippen molar-refractivity contribution < 1.29 is 23.8 Å². The van der Waals surface area contributed by atoms with Crippen molar-refractivity contribution in [1.29, 1.82) is 5.26 Å². The van der Waals surface area contributed by atoms with Gasteiger partial charge >= 0.3 is 18.5 Å². The number of ether oxygens (including phenoxy) is 3. The van der Waals surface area contributed by atoms with Crippen LogP contribution in [0, 0.1) is 17.9 Å². The summed E-state index contributed by atoms with van der Waals surface area (Å²) in [6.07, 6.45) is 0. The molecule has 7 heteroatoms. The van der Waals surface area contributed by atoms with E-state index in [2.05, 4.69) is 10.9 Å². The maximum Gasteiger partial charge on any atom is 0.387 e. The number of esters is 2. The standard InChI is InChI=1S/C25H18N2O5/c1-27-17-24(28)31-15-14-30-22-10-8-21(9-11-22)25(29)32-23-12-6-20(7-13-23)19-4-2-18(16-26)3-5-19/h2-13H,14-15,17H2. The number of hydrogen-bond acceptors (Lipinski definition) is 6. The van der Waals surface area contributed by atoms with Gasteiger partial charge in [0.1, 0.15) is 24.7 Å². The Morgan fingerprint density at radius 3 is 2.03 bits per heavy atom. The highest BCUT2D eigenvalue weighted by molar-refractivity contribution is 5.91. The van der Waals surface area contributed by atoms with E-state index in [1.165, 1.54) is 0 Å². The van der Waals surface area contributed by atoms with Crippen LogP contribution in [0.1, 0.15) is 15.9 Å². The molecule has 0 aliphatic heterocycles.